The first-order valence-corrected chi connectivity index (χ1v) is 15.4. The number of nitrogens with zero attached hydrogens (tertiary/aromatic N) is 4. The molecule has 2 aliphatic rings. The smallest absolute Gasteiger partial charge is 0.269 e. The SMILES string of the molecule is CC1=NC(C)C(NC=O)(N(C=O)CCCN2CCC(c3ccccc3)(c3ccccc3)CC2)C(c2ccc([N+](=O)[O-])cc2)C1. The van der Waals surface area contributed by atoms with E-state index in [0.717, 1.165) is 56.6 Å². The predicted octanol–water partition coefficient (Wildman–Crippen LogP) is 5.30. The van der Waals surface area contributed by atoms with Crippen LogP contribution in [0.1, 0.15) is 62.1 Å². The number of hydrogen-bond acceptors (Lipinski definition) is 6. The van der Waals surface area contributed by atoms with Crippen LogP contribution in [0, 0.1) is 10.1 Å². The molecule has 0 aromatic heterocycles. The topological polar surface area (TPSA) is 108 Å². The van der Waals surface area contributed by atoms with Gasteiger partial charge in [-0.3, -0.25) is 24.7 Å². The Morgan fingerprint density at radius 2 is 1.57 bits per heavy atom. The highest BCUT2D eigenvalue weighted by molar-refractivity contribution is 5.84. The molecule has 3 aromatic carbocycles. The van der Waals surface area contributed by atoms with Gasteiger partial charge in [0.05, 0.1) is 11.0 Å². The second-order valence-electron chi connectivity index (χ2n) is 12.0. The van der Waals surface area contributed by atoms with Gasteiger partial charge in [0.25, 0.3) is 5.69 Å². The molecular formula is C35H41N5O4. The summed E-state index contributed by atoms with van der Waals surface area (Å²) < 4.78 is 0. The van der Waals surface area contributed by atoms with Gasteiger partial charge in [-0.1, -0.05) is 72.8 Å². The monoisotopic (exact) mass is 595 g/mol. The maximum absolute atomic E-state index is 12.7. The molecule has 2 heterocycles. The van der Waals surface area contributed by atoms with E-state index >= 15 is 0 Å². The van der Waals surface area contributed by atoms with Crippen molar-refractivity contribution in [2.24, 2.45) is 4.99 Å². The third-order valence-corrected chi connectivity index (χ3v) is 9.72. The van der Waals surface area contributed by atoms with E-state index in [2.05, 4.69) is 70.9 Å². The molecule has 0 saturated carbocycles. The van der Waals surface area contributed by atoms with E-state index in [-0.39, 0.29) is 17.0 Å². The number of likely N-dealkylation sites (tertiary alicyclic amines) is 1. The van der Waals surface area contributed by atoms with Crippen LogP contribution in [-0.4, -0.2) is 71.1 Å². The van der Waals surface area contributed by atoms with Crippen molar-refractivity contribution in [3.63, 3.8) is 0 Å². The molecular weight excluding hydrogens is 554 g/mol. The van der Waals surface area contributed by atoms with Gasteiger partial charge < -0.3 is 15.1 Å². The van der Waals surface area contributed by atoms with Gasteiger partial charge in [0.15, 0.2) is 0 Å². The molecule has 9 nitrogen and oxygen atoms in total. The molecule has 230 valence electrons. The lowest BCUT2D eigenvalue weighted by atomic mass is 9.68. The summed E-state index contributed by atoms with van der Waals surface area (Å²) >= 11 is 0. The lowest BCUT2D eigenvalue weighted by molar-refractivity contribution is -0.384. The minimum Gasteiger partial charge on any atom is -0.333 e. The lowest BCUT2D eigenvalue weighted by Crippen LogP contribution is -2.69. The van der Waals surface area contributed by atoms with Crippen LogP contribution in [0.15, 0.2) is 89.9 Å². The fourth-order valence-corrected chi connectivity index (χ4v) is 7.47. The number of rotatable bonds is 12. The molecule has 1 N–H and O–H groups in total. The number of nitrogens with one attached hydrogen (secondary N) is 1. The molecule has 3 aromatic rings. The molecule has 0 aliphatic carbocycles. The number of nitro benzene ring substituents is 1. The fraction of sp³-hybridized carbons (Fsp3) is 0.400. The first kappa shape index (κ1) is 31.1. The Labute approximate surface area is 259 Å². The first-order chi connectivity index (χ1) is 21.3. The van der Waals surface area contributed by atoms with Gasteiger partial charge in [0, 0.05) is 35.7 Å². The van der Waals surface area contributed by atoms with Crippen LogP contribution in [0.2, 0.25) is 0 Å². The van der Waals surface area contributed by atoms with Crippen molar-refractivity contribution in [1.29, 1.82) is 0 Å². The minimum absolute atomic E-state index is 0.00531. The van der Waals surface area contributed by atoms with Crippen LogP contribution in [0.5, 0.6) is 0 Å². The zero-order valence-electron chi connectivity index (χ0n) is 25.5. The van der Waals surface area contributed by atoms with Crippen LogP contribution in [0.25, 0.3) is 0 Å². The highest BCUT2D eigenvalue weighted by Gasteiger charge is 2.51. The third-order valence-electron chi connectivity index (χ3n) is 9.72. The van der Waals surface area contributed by atoms with Crippen molar-refractivity contribution >= 4 is 24.2 Å². The van der Waals surface area contributed by atoms with E-state index < -0.39 is 16.6 Å². The van der Waals surface area contributed by atoms with Crippen molar-refractivity contribution in [2.75, 3.05) is 26.2 Å². The Hall–Kier alpha value is -4.37. The first-order valence-electron chi connectivity index (χ1n) is 15.4. The number of non-ortho nitro benzene ring substituents is 1. The largest absolute Gasteiger partial charge is 0.333 e. The number of carbonyl (C=O) groups excluding carboxylic acids is 2. The third kappa shape index (κ3) is 6.01. The van der Waals surface area contributed by atoms with Gasteiger partial charge in [-0.25, -0.2) is 0 Å². The van der Waals surface area contributed by atoms with E-state index in [9.17, 15) is 19.7 Å². The highest BCUT2D eigenvalue weighted by atomic mass is 16.6. The molecule has 5 rings (SSSR count). The maximum Gasteiger partial charge on any atom is 0.269 e. The van der Waals surface area contributed by atoms with E-state index in [4.69, 9.17) is 4.99 Å². The number of hydrogen-bond donors (Lipinski definition) is 1. The molecule has 2 amide bonds. The summed E-state index contributed by atoms with van der Waals surface area (Å²) in [4.78, 5) is 44.6. The van der Waals surface area contributed by atoms with Crippen LogP contribution < -0.4 is 5.32 Å². The van der Waals surface area contributed by atoms with E-state index in [1.165, 1.54) is 23.3 Å². The number of nitro groups is 1. The molecule has 1 fully saturated rings. The summed E-state index contributed by atoms with van der Waals surface area (Å²) in [6, 6.07) is 27.5. The second kappa shape index (κ2) is 13.5. The van der Waals surface area contributed by atoms with Crippen molar-refractivity contribution < 1.29 is 14.5 Å². The van der Waals surface area contributed by atoms with Crippen molar-refractivity contribution in [2.45, 2.75) is 62.6 Å². The average Bonchev–Trinajstić information content (AvgIpc) is 3.05. The number of piperidine rings is 1. The minimum atomic E-state index is -1.10. The van der Waals surface area contributed by atoms with Gasteiger partial charge in [-0.2, -0.15) is 0 Å². The van der Waals surface area contributed by atoms with Gasteiger partial charge in [-0.05, 0) is 75.9 Å². The fourth-order valence-electron chi connectivity index (χ4n) is 7.47. The quantitative estimate of drug-likeness (QED) is 0.132. The molecule has 2 aliphatic heterocycles. The summed E-state index contributed by atoms with van der Waals surface area (Å²) in [5, 5.41) is 14.3. The van der Waals surface area contributed by atoms with Crippen molar-refractivity contribution in [3.05, 3.63) is 112 Å². The molecule has 0 bridgehead atoms. The molecule has 3 unspecified atom stereocenters. The molecule has 9 heteroatoms. The number of aliphatic imine (C=N–C) groups is 1. The number of benzene rings is 3. The van der Waals surface area contributed by atoms with Crippen molar-refractivity contribution in [3.8, 4) is 0 Å². The van der Waals surface area contributed by atoms with Crippen LogP contribution in [0.3, 0.4) is 0 Å². The number of carbonyl (C=O) groups is 2. The molecule has 0 radical (unpaired) electrons. The molecule has 1 saturated heterocycles. The van der Waals surface area contributed by atoms with Gasteiger partial charge in [-0.15, -0.1) is 0 Å². The van der Waals surface area contributed by atoms with Crippen LogP contribution >= 0.6 is 0 Å². The van der Waals surface area contributed by atoms with Crippen LogP contribution in [-0.2, 0) is 15.0 Å². The van der Waals surface area contributed by atoms with Crippen molar-refractivity contribution in [1.82, 2.24) is 15.1 Å². The normalized spacial score (nSPS) is 23.3. The van der Waals surface area contributed by atoms with Gasteiger partial charge >= 0.3 is 0 Å². The number of amides is 2. The molecule has 3 atom stereocenters. The summed E-state index contributed by atoms with van der Waals surface area (Å²) in [7, 11) is 0. The lowest BCUT2D eigenvalue weighted by Gasteiger charge is -2.51. The average molecular weight is 596 g/mol. The summed E-state index contributed by atoms with van der Waals surface area (Å²) in [6.07, 6.45) is 4.70. The highest BCUT2D eigenvalue weighted by Crippen LogP contribution is 2.43. The summed E-state index contributed by atoms with van der Waals surface area (Å²) in [5.74, 6) is -0.321. The van der Waals surface area contributed by atoms with Crippen LogP contribution in [0.4, 0.5) is 5.69 Å². The molecule has 44 heavy (non-hydrogen) atoms. The Bertz CT molecular complexity index is 1410. The Morgan fingerprint density at radius 3 is 2.09 bits per heavy atom. The Balaban J connectivity index is 1.32. The standard InChI is InChI=1S/C35H41N5O4/c1-27-24-33(29-14-16-32(17-15-29)40(43)44)35(36-25-41,28(2)37-27)39(26-42)21-9-20-38-22-18-34(19-23-38,30-10-5-3-6-11-30)31-12-7-4-8-13-31/h3-8,10-17,25-26,28,33H,9,18-24H2,1-2H3,(H,36,41). The Kier molecular flexibility index (Phi) is 9.54. The summed E-state index contributed by atoms with van der Waals surface area (Å²) in [6.45, 7) is 6.98. The van der Waals surface area contributed by atoms with E-state index in [1.54, 1.807) is 17.0 Å². The van der Waals surface area contributed by atoms with Gasteiger partial charge in [0.1, 0.15) is 5.66 Å². The Morgan fingerprint density at radius 1 is 0.977 bits per heavy atom. The van der Waals surface area contributed by atoms with E-state index in [1.807, 2.05) is 13.8 Å². The van der Waals surface area contributed by atoms with Gasteiger partial charge in [0.2, 0.25) is 12.8 Å². The molecule has 0 spiro atoms. The maximum atomic E-state index is 12.7. The van der Waals surface area contributed by atoms with E-state index in [0.29, 0.717) is 19.4 Å². The summed E-state index contributed by atoms with van der Waals surface area (Å²) in [5.41, 5.74) is 3.28. The zero-order chi connectivity index (χ0) is 31.2. The predicted molar refractivity (Wildman–Crippen MR) is 172 cm³/mol. The zero-order valence-corrected chi connectivity index (χ0v) is 25.5. The second-order valence-corrected chi connectivity index (χ2v) is 12.0.